The summed E-state index contributed by atoms with van der Waals surface area (Å²) in [5.74, 6) is 0.493. The van der Waals surface area contributed by atoms with E-state index in [0.29, 0.717) is 5.92 Å². The fraction of sp³-hybridized carbons (Fsp3) is 0.267. The zero-order valence-corrected chi connectivity index (χ0v) is 11.2. The van der Waals surface area contributed by atoms with E-state index in [-0.39, 0.29) is 0 Å². The molecule has 0 unspecified atom stereocenters. The zero-order valence-electron chi connectivity index (χ0n) is 10.4. The Morgan fingerprint density at radius 3 is 2.53 bits per heavy atom. The molecule has 0 bridgehead atoms. The van der Waals surface area contributed by atoms with Crippen molar-refractivity contribution in [1.29, 1.82) is 0 Å². The van der Waals surface area contributed by atoms with E-state index in [2.05, 4.69) is 45.0 Å². The van der Waals surface area contributed by atoms with Crippen LogP contribution in [-0.2, 0) is 0 Å². The van der Waals surface area contributed by atoms with Gasteiger partial charge in [-0.1, -0.05) is 38.1 Å². The molecule has 1 nitrogen and oxygen atoms in total. The first-order valence-electron chi connectivity index (χ1n) is 5.78. The summed E-state index contributed by atoms with van der Waals surface area (Å²) in [7, 11) is 0. The van der Waals surface area contributed by atoms with Crippen molar-refractivity contribution in [2.24, 2.45) is 0 Å². The van der Waals surface area contributed by atoms with Crippen LogP contribution in [-0.4, -0.2) is 6.29 Å². The summed E-state index contributed by atoms with van der Waals surface area (Å²) >= 11 is 1.58. The normalized spacial score (nSPS) is 10.8. The number of aldehydes is 1. The van der Waals surface area contributed by atoms with E-state index in [1.54, 1.807) is 11.3 Å². The maximum Gasteiger partial charge on any atom is 0.160 e. The third-order valence-corrected chi connectivity index (χ3v) is 4.08. The second-order valence-corrected chi connectivity index (χ2v) is 5.60. The molecule has 17 heavy (non-hydrogen) atoms. The summed E-state index contributed by atoms with van der Waals surface area (Å²) in [5.41, 5.74) is 3.79. The van der Waals surface area contributed by atoms with Gasteiger partial charge in [-0.3, -0.25) is 4.79 Å². The average Bonchev–Trinajstić information content (AvgIpc) is 2.70. The third kappa shape index (κ3) is 2.32. The molecular weight excluding hydrogens is 228 g/mol. The van der Waals surface area contributed by atoms with E-state index in [9.17, 15) is 4.79 Å². The minimum atomic E-state index is 0.493. The molecule has 0 saturated heterocycles. The fourth-order valence-electron chi connectivity index (χ4n) is 2.04. The highest BCUT2D eigenvalue weighted by atomic mass is 32.1. The van der Waals surface area contributed by atoms with Crippen molar-refractivity contribution in [2.45, 2.75) is 26.7 Å². The number of benzene rings is 1. The van der Waals surface area contributed by atoms with Crippen LogP contribution in [0.1, 0.15) is 40.6 Å². The van der Waals surface area contributed by atoms with Crippen molar-refractivity contribution in [2.75, 3.05) is 0 Å². The first-order chi connectivity index (χ1) is 8.13. The molecule has 2 heteroatoms. The second kappa shape index (κ2) is 4.84. The molecule has 1 aromatic carbocycles. The minimum absolute atomic E-state index is 0.493. The van der Waals surface area contributed by atoms with Gasteiger partial charge < -0.3 is 0 Å². The lowest BCUT2D eigenvalue weighted by molar-refractivity contribution is 0.112. The number of thiophene rings is 1. The maximum atomic E-state index is 10.8. The lowest BCUT2D eigenvalue weighted by Gasteiger charge is -2.11. The zero-order chi connectivity index (χ0) is 12.4. The van der Waals surface area contributed by atoms with Crippen LogP contribution < -0.4 is 0 Å². The van der Waals surface area contributed by atoms with Crippen LogP contribution in [0.15, 0.2) is 30.3 Å². The van der Waals surface area contributed by atoms with Gasteiger partial charge in [-0.2, -0.15) is 0 Å². The van der Waals surface area contributed by atoms with Crippen molar-refractivity contribution in [3.8, 4) is 10.4 Å². The Morgan fingerprint density at radius 2 is 1.94 bits per heavy atom. The Bertz CT molecular complexity index is 538. The Balaban J connectivity index is 2.59. The fourth-order valence-corrected chi connectivity index (χ4v) is 3.07. The highest BCUT2D eigenvalue weighted by molar-refractivity contribution is 7.17. The Hall–Kier alpha value is -1.41. The van der Waals surface area contributed by atoms with Gasteiger partial charge in [0.15, 0.2) is 6.29 Å². The molecule has 0 N–H and O–H groups in total. The van der Waals surface area contributed by atoms with E-state index in [4.69, 9.17) is 0 Å². The van der Waals surface area contributed by atoms with Gasteiger partial charge >= 0.3 is 0 Å². The Kier molecular flexibility index (Phi) is 3.43. The Labute approximate surface area is 106 Å². The molecule has 0 aliphatic heterocycles. The summed E-state index contributed by atoms with van der Waals surface area (Å²) < 4.78 is 0. The predicted molar refractivity (Wildman–Crippen MR) is 74.0 cm³/mol. The van der Waals surface area contributed by atoms with E-state index in [1.165, 1.54) is 21.6 Å². The summed E-state index contributed by atoms with van der Waals surface area (Å²) in [4.78, 5) is 12.9. The number of hydrogen-bond donors (Lipinski definition) is 0. The van der Waals surface area contributed by atoms with Gasteiger partial charge in [0.25, 0.3) is 0 Å². The number of carbonyl (C=O) groups excluding carboxylic acids is 1. The number of carbonyl (C=O) groups is 1. The molecular formula is C15H16OS. The van der Waals surface area contributed by atoms with Crippen LogP contribution in [0.25, 0.3) is 10.4 Å². The summed E-state index contributed by atoms with van der Waals surface area (Å²) in [6.07, 6.45) is 0.930. The molecule has 1 aromatic heterocycles. The largest absolute Gasteiger partial charge is 0.297 e. The first kappa shape index (κ1) is 12.1. The second-order valence-electron chi connectivity index (χ2n) is 4.52. The van der Waals surface area contributed by atoms with Crippen LogP contribution in [0, 0.1) is 6.92 Å². The van der Waals surface area contributed by atoms with Gasteiger partial charge in [-0.15, -0.1) is 11.3 Å². The van der Waals surface area contributed by atoms with E-state index < -0.39 is 0 Å². The minimum Gasteiger partial charge on any atom is -0.297 e. The van der Waals surface area contributed by atoms with Gasteiger partial charge in [-0.25, -0.2) is 0 Å². The summed E-state index contributed by atoms with van der Waals surface area (Å²) in [5, 5.41) is 0. The lowest BCUT2D eigenvalue weighted by atomic mass is 9.95. The van der Waals surface area contributed by atoms with Gasteiger partial charge in [0, 0.05) is 4.88 Å². The maximum absolute atomic E-state index is 10.8. The summed E-state index contributed by atoms with van der Waals surface area (Å²) in [6, 6.07) is 10.4. The van der Waals surface area contributed by atoms with Crippen LogP contribution in [0.4, 0.5) is 0 Å². The predicted octanol–water partition coefficient (Wildman–Crippen LogP) is 4.66. The lowest BCUT2D eigenvalue weighted by Crippen LogP contribution is -1.91. The molecule has 88 valence electrons. The molecule has 0 fully saturated rings. The molecule has 2 aromatic rings. The molecule has 0 amide bonds. The van der Waals surface area contributed by atoms with Crippen molar-refractivity contribution in [1.82, 2.24) is 0 Å². The van der Waals surface area contributed by atoms with E-state index in [0.717, 1.165) is 11.2 Å². The van der Waals surface area contributed by atoms with Crippen molar-refractivity contribution in [3.05, 3.63) is 46.3 Å². The Morgan fingerprint density at radius 1 is 1.24 bits per heavy atom. The van der Waals surface area contributed by atoms with Gasteiger partial charge in [0.2, 0.25) is 0 Å². The van der Waals surface area contributed by atoms with Crippen molar-refractivity contribution >= 4 is 17.6 Å². The molecule has 1 heterocycles. The van der Waals surface area contributed by atoms with Gasteiger partial charge in [-0.05, 0) is 35.6 Å². The number of aryl methyl sites for hydroxylation is 1. The van der Waals surface area contributed by atoms with Gasteiger partial charge in [0.1, 0.15) is 0 Å². The third-order valence-electron chi connectivity index (χ3n) is 2.88. The molecule has 0 atom stereocenters. The quantitative estimate of drug-likeness (QED) is 0.718. The van der Waals surface area contributed by atoms with Crippen LogP contribution in [0.2, 0.25) is 0 Å². The van der Waals surface area contributed by atoms with Crippen molar-refractivity contribution in [3.63, 3.8) is 0 Å². The molecule has 0 saturated carbocycles. The average molecular weight is 244 g/mol. The van der Waals surface area contributed by atoms with Gasteiger partial charge in [0.05, 0.1) is 4.88 Å². The number of hydrogen-bond acceptors (Lipinski definition) is 2. The van der Waals surface area contributed by atoms with Crippen LogP contribution in [0.3, 0.4) is 0 Å². The van der Waals surface area contributed by atoms with Crippen LogP contribution in [0.5, 0.6) is 0 Å². The molecule has 0 radical (unpaired) electrons. The highest BCUT2D eigenvalue weighted by Crippen LogP contribution is 2.36. The van der Waals surface area contributed by atoms with E-state index >= 15 is 0 Å². The molecule has 0 aliphatic carbocycles. The standard InChI is InChI=1S/C15H16OS/c1-10(2)13-6-4-5-7-14(13)15-11(3)8-12(9-16)17-15/h4-10H,1-3H3. The smallest absolute Gasteiger partial charge is 0.160 e. The monoisotopic (exact) mass is 244 g/mol. The van der Waals surface area contributed by atoms with E-state index in [1.807, 2.05) is 6.07 Å². The molecule has 2 rings (SSSR count). The first-order valence-corrected chi connectivity index (χ1v) is 6.60. The van der Waals surface area contributed by atoms with Crippen LogP contribution >= 0.6 is 11.3 Å². The summed E-state index contributed by atoms with van der Waals surface area (Å²) in [6.45, 7) is 6.46. The highest BCUT2D eigenvalue weighted by Gasteiger charge is 2.12. The molecule has 0 aliphatic rings. The number of rotatable bonds is 3. The SMILES string of the molecule is Cc1cc(C=O)sc1-c1ccccc1C(C)C. The van der Waals surface area contributed by atoms with Crippen molar-refractivity contribution < 1.29 is 4.79 Å². The molecule has 0 spiro atoms. The topological polar surface area (TPSA) is 17.1 Å².